The molecule has 392 valence electrons. The summed E-state index contributed by atoms with van der Waals surface area (Å²) in [5.74, 6) is 0.738. The molecular weight excluding hydrogens is 977 g/mol. The Kier molecular flexibility index (Phi) is 18.8. The molecule has 0 unspecified atom stereocenters. The smallest absolute Gasteiger partial charge is 0.407 e. The van der Waals surface area contributed by atoms with Crippen molar-refractivity contribution in [3.8, 4) is 17.1 Å². The predicted octanol–water partition coefficient (Wildman–Crippen LogP) is 7.21. The Morgan fingerprint density at radius 2 is 1.46 bits per heavy atom. The minimum atomic E-state index is -4.84. The molecule has 2 heterocycles. The average Bonchev–Trinajstić information content (AvgIpc) is 3.80. The number of aromatic nitrogens is 4. The Morgan fingerprint density at radius 3 is 2.01 bits per heavy atom. The first-order valence-electron chi connectivity index (χ1n) is 24.2. The number of ether oxygens (including phenoxy) is 3. The Labute approximate surface area is 426 Å². The van der Waals surface area contributed by atoms with E-state index in [2.05, 4.69) is 20.4 Å². The van der Waals surface area contributed by atoms with Crippen molar-refractivity contribution in [2.24, 2.45) is 5.92 Å². The summed E-state index contributed by atoms with van der Waals surface area (Å²) < 4.78 is 90.1. The van der Waals surface area contributed by atoms with Gasteiger partial charge in [0, 0.05) is 51.6 Å². The minimum Gasteiger partial charge on any atom is -0.497 e. The number of piperidine rings is 1. The molecule has 5 aromatic rings. The molecule has 1 fully saturated rings. The van der Waals surface area contributed by atoms with Crippen LogP contribution in [0.25, 0.3) is 11.4 Å². The maximum atomic E-state index is 16.1. The Morgan fingerprint density at radius 1 is 0.847 bits per heavy atom. The molecule has 1 atom stereocenters. The lowest BCUT2D eigenvalue weighted by Gasteiger charge is -2.39. The van der Waals surface area contributed by atoms with Gasteiger partial charge in [-0.1, -0.05) is 93.6 Å². The van der Waals surface area contributed by atoms with Crippen molar-refractivity contribution in [2.45, 2.75) is 114 Å². The number of benzene rings is 4. The number of anilines is 1. The van der Waals surface area contributed by atoms with Gasteiger partial charge in [0.1, 0.15) is 21.1 Å². The van der Waals surface area contributed by atoms with Gasteiger partial charge in [0.2, 0.25) is 25.9 Å². The fraction of sp³-hybridized carbons (Fsp3) is 0.490. The fourth-order valence-electron chi connectivity index (χ4n) is 7.93. The first-order valence-corrected chi connectivity index (χ1v) is 30.1. The van der Waals surface area contributed by atoms with Gasteiger partial charge >= 0.3 is 6.09 Å². The van der Waals surface area contributed by atoms with Gasteiger partial charge in [-0.2, -0.15) is 9.10 Å². The van der Waals surface area contributed by atoms with Gasteiger partial charge < -0.3 is 34.0 Å². The fourth-order valence-corrected chi connectivity index (χ4v) is 12.8. The summed E-state index contributed by atoms with van der Waals surface area (Å²) in [6.45, 7) is 16.4. The molecule has 1 aliphatic rings. The quantitative estimate of drug-likeness (QED) is 0.0436. The lowest BCUT2D eigenvalue weighted by atomic mass is 9.96. The van der Waals surface area contributed by atoms with Crippen LogP contribution < -0.4 is 19.7 Å². The summed E-state index contributed by atoms with van der Waals surface area (Å²) in [6, 6.07) is 28.5. The van der Waals surface area contributed by atoms with Gasteiger partial charge in [-0.05, 0) is 104 Å². The molecule has 1 saturated heterocycles. The van der Waals surface area contributed by atoms with Crippen molar-refractivity contribution in [2.75, 3.05) is 58.0 Å². The number of alkyl carbamates (subject to hydrolysis) is 1. The number of carbonyl (C=O) groups is 1. The maximum Gasteiger partial charge on any atom is 0.407 e. The van der Waals surface area contributed by atoms with Crippen LogP contribution in [0.15, 0.2) is 107 Å². The summed E-state index contributed by atoms with van der Waals surface area (Å²) in [6.07, 6.45) is -0.240. The highest BCUT2D eigenvalue weighted by molar-refractivity contribution is 7.92. The number of methoxy groups -OCH3 is 1. The van der Waals surface area contributed by atoms with E-state index in [9.17, 15) is 9.90 Å². The third-order valence-corrected chi connectivity index (χ3v) is 20.7. The summed E-state index contributed by atoms with van der Waals surface area (Å²) in [5.41, 5.74) is 1.75. The first-order chi connectivity index (χ1) is 34.0. The van der Waals surface area contributed by atoms with Gasteiger partial charge in [-0.3, -0.25) is 0 Å². The number of carbonyl (C=O) groups excluding carboxylic acids is 1. The molecule has 0 bridgehead atoms. The molecule has 18 nitrogen and oxygen atoms in total. The predicted molar refractivity (Wildman–Crippen MR) is 279 cm³/mol. The topological polar surface area (TPSA) is 217 Å². The number of aliphatic hydroxyl groups is 1. The average molecular weight is 1050 g/mol. The van der Waals surface area contributed by atoms with Gasteiger partial charge in [0.15, 0.2) is 8.32 Å². The molecule has 3 N–H and O–H groups in total. The summed E-state index contributed by atoms with van der Waals surface area (Å²) >= 11 is 0. The van der Waals surface area contributed by atoms with E-state index < -0.39 is 56.0 Å². The molecule has 4 aromatic carbocycles. The van der Waals surface area contributed by atoms with Crippen LogP contribution in [0.4, 0.5) is 10.5 Å². The molecule has 6 rings (SSSR count). The van der Waals surface area contributed by atoms with E-state index in [1.54, 1.807) is 46.1 Å². The second-order valence-electron chi connectivity index (χ2n) is 20.5. The second kappa shape index (κ2) is 24.2. The molecule has 21 heteroatoms. The van der Waals surface area contributed by atoms with E-state index in [1.807, 2.05) is 112 Å². The molecule has 72 heavy (non-hydrogen) atoms. The number of sulfonamides is 2. The van der Waals surface area contributed by atoms with Crippen LogP contribution in [-0.4, -0.2) is 126 Å². The van der Waals surface area contributed by atoms with E-state index in [0.29, 0.717) is 55.1 Å². The molecule has 1 aliphatic heterocycles. The van der Waals surface area contributed by atoms with Crippen LogP contribution in [0.3, 0.4) is 0 Å². The lowest BCUT2D eigenvalue weighted by molar-refractivity contribution is 0.0498. The van der Waals surface area contributed by atoms with Crippen molar-refractivity contribution < 1.29 is 45.4 Å². The Bertz CT molecular complexity index is 2720. The highest BCUT2D eigenvalue weighted by Crippen LogP contribution is 2.43. The number of rotatable bonds is 23. The third-order valence-electron chi connectivity index (χ3n) is 12.7. The zero-order valence-corrected chi connectivity index (χ0v) is 45.6. The number of amides is 1. The second-order valence-corrected chi connectivity index (χ2v) is 28.9. The largest absolute Gasteiger partial charge is 0.497 e. The lowest BCUT2D eigenvalue weighted by Crippen LogP contribution is -2.51. The number of nitrogens with one attached hydrogen (secondary N) is 2. The molecular formula is C51H72N8O10S2Si. The Balaban J connectivity index is 1.53. The van der Waals surface area contributed by atoms with Gasteiger partial charge in [0.25, 0.3) is 0 Å². The number of aliphatic hydroxyl groups excluding tert-OH is 1. The van der Waals surface area contributed by atoms with Crippen LogP contribution in [0.2, 0.25) is 18.1 Å². The standard InChI is InChI=1S/C51H72N8O10S2Si/c1-50(2,3)68-49(61)52-32-43(69-72(8,9)51(4,5)6)33-53-70(62,63)45-25-24-44(57-28-26-41(27-29-57)37-67-31-30-60)46(48-54-56-59(55-48)36-40-20-22-42(66-7)23-21-40)47(45)71(64,65)58(34-38-16-12-10-13-17-38)35-39-18-14-11-15-19-39/h10-25,41,43,53,60H,26-37H2,1-9H3,(H,52,61)/t43-/m1/s1. The van der Waals surface area contributed by atoms with Crippen molar-refractivity contribution in [1.29, 1.82) is 0 Å². The van der Waals surface area contributed by atoms with Crippen LogP contribution in [0.1, 0.15) is 71.1 Å². The monoisotopic (exact) mass is 1050 g/mol. The Hall–Kier alpha value is -5.26. The zero-order valence-electron chi connectivity index (χ0n) is 43.0. The van der Waals surface area contributed by atoms with Crippen molar-refractivity contribution in [3.05, 3.63) is 114 Å². The third kappa shape index (κ3) is 15.2. The van der Waals surface area contributed by atoms with E-state index in [0.717, 1.165) is 5.56 Å². The molecule has 0 radical (unpaired) electrons. The van der Waals surface area contributed by atoms with Crippen LogP contribution in [-0.2, 0) is 53.6 Å². The van der Waals surface area contributed by atoms with Gasteiger partial charge in [-0.15, -0.1) is 10.2 Å². The highest BCUT2D eigenvalue weighted by Gasteiger charge is 2.42. The van der Waals surface area contributed by atoms with E-state index >= 15 is 16.8 Å². The van der Waals surface area contributed by atoms with E-state index in [4.69, 9.17) is 23.7 Å². The van der Waals surface area contributed by atoms with E-state index in [-0.39, 0.29) is 68.3 Å². The minimum absolute atomic E-state index is 0.0272. The zero-order chi connectivity index (χ0) is 52.3. The molecule has 0 aliphatic carbocycles. The highest BCUT2D eigenvalue weighted by atomic mass is 32.2. The molecule has 1 aromatic heterocycles. The van der Waals surface area contributed by atoms with Gasteiger partial charge in [0.05, 0.1) is 38.5 Å². The number of tetrazole rings is 1. The number of hydrogen-bond acceptors (Lipinski definition) is 14. The van der Waals surface area contributed by atoms with Gasteiger partial charge in [-0.25, -0.2) is 26.4 Å². The maximum absolute atomic E-state index is 16.1. The number of nitrogens with zero attached hydrogens (tertiary/aromatic N) is 6. The van der Waals surface area contributed by atoms with Crippen LogP contribution >= 0.6 is 0 Å². The summed E-state index contributed by atoms with van der Waals surface area (Å²) in [5, 5.41) is 25.5. The summed E-state index contributed by atoms with van der Waals surface area (Å²) in [7, 11) is -10.6. The summed E-state index contributed by atoms with van der Waals surface area (Å²) in [4.78, 5) is 15.3. The number of hydrogen-bond donors (Lipinski definition) is 3. The first kappa shape index (κ1) is 56.0. The molecule has 0 saturated carbocycles. The van der Waals surface area contributed by atoms with Crippen molar-refractivity contribution in [1.82, 2.24) is 34.6 Å². The van der Waals surface area contributed by atoms with Crippen molar-refractivity contribution in [3.63, 3.8) is 0 Å². The van der Waals surface area contributed by atoms with Crippen LogP contribution in [0, 0.1) is 5.92 Å². The SMILES string of the molecule is COc1ccc(Cn2nnc(-c3c(N4CCC(COCCO)CC4)ccc(S(=O)(=O)NC[C@@H](CNC(=O)OC(C)(C)C)O[Si](C)(C)C(C)(C)C)c3S(=O)(=O)N(Cc3ccccc3)Cc3ccccc3)n2)cc1. The van der Waals surface area contributed by atoms with E-state index in [1.165, 1.54) is 15.2 Å². The molecule has 0 spiro atoms. The normalized spacial score (nSPS) is 14.6. The van der Waals surface area contributed by atoms with Crippen molar-refractivity contribution >= 4 is 40.1 Å². The molecule has 1 amide bonds. The van der Waals surface area contributed by atoms with Crippen LogP contribution in [0.5, 0.6) is 5.75 Å².